The first-order valence-electron chi connectivity index (χ1n) is 5.06. The van der Waals surface area contributed by atoms with E-state index in [0.717, 1.165) is 6.42 Å². The Morgan fingerprint density at radius 3 is 2.87 bits per heavy atom. The summed E-state index contributed by atoms with van der Waals surface area (Å²) in [7, 11) is 0. The second-order valence-corrected chi connectivity index (χ2v) is 4.09. The first-order chi connectivity index (χ1) is 7.06. The van der Waals surface area contributed by atoms with Crippen molar-refractivity contribution in [2.24, 2.45) is 5.92 Å². The van der Waals surface area contributed by atoms with Gasteiger partial charge in [-0.1, -0.05) is 31.9 Å². The van der Waals surface area contributed by atoms with E-state index < -0.39 is 0 Å². The van der Waals surface area contributed by atoms with E-state index in [4.69, 9.17) is 11.6 Å². The third-order valence-electron chi connectivity index (χ3n) is 2.66. The van der Waals surface area contributed by atoms with Gasteiger partial charge in [0.05, 0.1) is 6.33 Å². The number of hydrogen-bond acceptors (Lipinski definition) is 3. The minimum atomic E-state index is -0.314. The van der Waals surface area contributed by atoms with E-state index in [1.54, 1.807) is 0 Å². The molecule has 4 nitrogen and oxygen atoms in total. The van der Waals surface area contributed by atoms with Crippen molar-refractivity contribution in [3.8, 4) is 0 Å². The smallest absolute Gasteiger partial charge is 0.271 e. The molecule has 0 aromatic carbocycles. The van der Waals surface area contributed by atoms with E-state index in [1.807, 2.05) is 6.92 Å². The lowest BCUT2D eigenvalue weighted by Gasteiger charge is -2.20. The van der Waals surface area contributed by atoms with Gasteiger partial charge in [0.1, 0.15) is 5.02 Å². The van der Waals surface area contributed by atoms with Crippen LogP contribution < -0.4 is 10.9 Å². The lowest BCUT2D eigenvalue weighted by atomic mass is 10.0. The summed E-state index contributed by atoms with van der Waals surface area (Å²) in [6.45, 7) is 6.31. The Kier molecular flexibility index (Phi) is 4.15. The summed E-state index contributed by atoms with van der Waals surface area (Å²) in [6, 6.07) is 0.238. The molecule has 0 aliphatic rings. The van der Waals surface area contributed by atoms with E-state index in [1.165, 1.54) is 6.33 Å². The van der Waals surface area contributed by atoms with E-state index in [2.05, 4.69) is 29.1 Å². The van der Waals surface area contributed by atoms with Gasteiger partial charge in [-0.3, -0.25) is 4.79 Å². The molecule has 0 amide bonds. The van der Waals surface area contributed by atoms with E-state index in [0.29, 0.717) is 11.7 Å². The number of anilines is 1. The van der Waals surface area contributed by atoms with Gasteiger partial charge in [0.2, 0.25) is 0 Å². The van der Waals surface area contributed by atoms with Crippen molar-refractivity contribution >= 4 is 17.4 Å². The molecule has 0 bridgehead atoms. The fourth-order valence-electron chi connectivity index (χ4n) is 1.20. The van der Waals surface area contributed by atoms with Crippen molar-refractivity contribution in [1.82, 2.24) is 9.97 Å². The average Bonchev–Trinajstić information content (AvgIpc) is 2.23. The number of aromatic nitrogens is 2. The van der Waals surface area contributed by atoms with Crippen LogP contribution in [0.15, 0.2) is 11.1 Å². The van der Waals surface area contributed by atoms with Gasteiger partial charge in [0.15, 0.2) is 5.82 Å². The van der Waals surface area contributed by atoms with Crippen LogP contribution in [0, 0.1) is 5.92 Å². The zero-order valence-corrected chi connectivity index (χ0v) is 9.93. The first kappa shape index (κ1) is 12.0. The number of nitrogens with one attached hydrogen (secondary N) is 2. The van der Waals surface area contributed by atoms with Crippen LogP contribution in [0.2, 0.25) is 5.02 Å². The maximum atomic E-state index is 11.2. The predicted octanol–water partition coefficient (Wildman–Crippen LogP) is 2.27. The highest BCUT2D eigenvalue weighted by molar-refractivity contribution is 6.32. The molecule has 1 aromatic heterocycles. The van der Waals surface area contributed by atoms with Crippen molar-refractivity contribution in [2.45, 2.75) is 33.2 Å². The van der Waals surface area contributed by atoms with Gasteiger partial charge in [0.25, 0.3) is 5.56 Å². The molecular formula is C10H16ClN3O. The van der Waals surface area contributed by atoms with Crippen LogP contribution >= 0.6 is 11.6 Å². The number of halogens is 1. The highest BCUT2D eigenvalue weighted by Crippen LogP contribution is 2.17. The maximum Gasteiger partial charge on any atom is 0.271 e. The Labute approximate surface area is 94.1 Å². The van der Waals surface area contributed by atoms with E-state index in [-0.39, 0.29) is 16.6 Å². The Balaban J connectivity index is 2.81. The topological polar surface area (TPSA) is 57.8 Å². The minimum Gasteiger partial charge on any atom is -0.366 e. The number of aromatic amines is 1. The quantitative estimate of drug-likeness (QED) is 0.833. The molecule has 0 radical (unpaired) electrons. The van der Waals surface area contributed by atoms with Crippen LogP contribution in [-0.4, -0.2) is 16.0 Å². The molecule has 2 atom stereocenters. The third-order valence-corrected chi connectivity index (χ3v) is 3.01. The van der Waals surface area contributed by atoms with E-state index >= 15 is 0 Å². The van der Waals surface area contributed by atoms with E-state index in [9.17, 15) is 4.79 Å². The molecule has 0 fully saturated rings. The van der Waals surface area contributed by atoms with Gasteiger partial charge < -0.3 is 10.3 Å². The predicted molar refractivity (Wildman–Crippen MR) is 62.4 cm³/mol. The Morgan fingerprint density at radius 2 is 2.27 bits per heavy atom. The summed E-state index contributed by atoms with van der Waals surface area (Å²) in [5.41, 5.74) is -0.314. The van der Waals surface area contributed by atoms with Gasteiger partial charge in [-0.25, -0.2) is 4.98 Å². The zero-order chi connectivity index (χ0) is 11.4. The Morgan fingerprint density at radius 1 is 1.60 bits per heavy atom. The first-order valence-corrected chi connectivity index (χ1v) is 5.43. The number of rotatable bonds is 4. The minimum absolute atomic E-state index is 0.118. The maximum absolute atomic E-state index is 11.2. The largest absolute Gasteiger partial charge is 0.366 e. The van der Waals surface area contributed by atoms with Gasteiger partial charge in [-0.15, -0.1) is 0 Å². The van der Waals surface area contributed by atoms with Gasteiger partial charge >= 0.3 is 0 Å². The average molecular weight is 230 g/mol. The summed E-state index contributed by atoms with van der Waals surface area (Å²) in [4.78, 5) is 17.6. The summed E-state index contributed by atoms with van der Waals surface area (Å²) in [5, 5.41) is 3.26. The van der Waals surface area contributed by atoms with Crippen molar-refractivity contribution in [3.05, 3.63) is 21.7 Å². The molecular weight excluding hydrogens is 214 g/mol. The van der Waals surface area contributed by atoms with Crippen LogP contribution in [-0.2, 0) is 0 Å². The molecule has 2 unspecified atom stereocenters. The molecule has 2 N–H and O–H groups in total. The third kappa shape index (κ3) is 2.96. The normalized spacial score (nSPS) is 14.7. The molecule has 0 spiro atoms. The summed E-state index contributed by atoms with van der Waals surface area (Å²) < 4.78 is 0. The fraction of sp³-hybridized carbons (Fsp3) is 0.600. The van der Waals surface area contributed by atoms with Crippen molar-refractivity contribution in [3.63, 3.8) is 0 Å². The lowest BCUT2D eigenvalue weighted by molar-refractivity contribution is 0.493. The van der Waals surface area contributed by atoms with Gasteiger partial charge in [-0.05, 0) is 12.8 Å². The summed E-state index contributed by atoms with van der Waals surface area (Å²) in [6.07, 6.45) is 2.41. The number of nitrogens with zero attached hydrogens (tertiary/aromatic N) is 1. The fourth-order valence-corrected chi connectivity index (χ4v) is 1.35. The van der Waals surface area contributed by atoms with Crippen LogP contribution in [0.4, 0.5) is 5.82 Å². The van der Waals surface area contributed by atoms with Crippen LogP contribution in [0.5, 0.6) is 0 Å². The molecule has 1 rings (SSSR count). The second-order valence-electron chi connectivity index (χ2n) is 3.71. The summed E-state index contributed by atoms with van der Waals surface area (Å²) in [5.74, 6) is 0.954. The molecule has 1 heterocycles. The van der Waals surface area contributed by atoms with Gasteiger partial charge in [0, 0.05) is 6.04 Å². The second kappa shape index (κ2) is 5.16. The number of H-pyrrole nitrogens is 1. The Bertz CT molecular complexity index is 377. The zero-order valence-electron chi connectivity index (χ0n) is 9.17. The van der Waals surface area contributed by atoms with Crippen molar-refractivity contribution in [2.75, 3.05) is 5.32 Å². The van der Waals surface area contributed by atoms with Crippen molar-refractivity contribution in [1.29, 1.82) is 0 Å². The molecule has 0 aliphatic carbocycles. The molecule has 5 heteroatoms. The summed E-state index contributed by atoms with van der Waals surface area (Å²) >= 11 is 5.82. The highest BCUT2D eigenvalue weighted by atomic mass is 35.5. The molecule has 1 aromatic rings. The molecule has 84 valence electrons. The molecule has 0 aliphatic heterocycles. The lowest BCUT2D eigenvalue weighted by Crippen LogP contribution is -2.25. The monoisotopic (exact) mass is 229 g/mol. The molecule has 0 saturated heterocycles. The molecule has 15 heavy (non-hydrogen) atoms. The Hall–Kier alpha value is -1.03. The van der Waals surface area contributed by atoms with Crippen LogP contribution in [0.3, 0.4) is 0 Å². The molecule has 0 saturated carbocycles. The van der Waals surface area contributed by atoms with Crippen molar-refractivity contribution < 1.29 is 0 Å². The van der Waals surface area contributed by atoms with Gasteiger partial charge in [-0.2, -0.15) is 0 Å². The number of hydrogen-bond donors (Lipinski definition) is 2. The van der Waals surface area contributed by atoms with Crippen LogP contribution in [0.1, 0.15) is 27.2 Å². The SMILES string of the molecule is CCC(C)C(C)Nc1nc[nH]c(=O)c1Cl. The highest BCUT2D eigenvalue weighted by Gasteiger charge is 2.13. The standard InChI is InChI=1S/C10H16ClN3O/c1-4-6(2)7(3)14-9-8(11)10(15)13-5-12-9/h5-7H,4H2,1-3H3,(H2,12,13,14,15). The van der Waals surface area contributed by atoms with Crippen LogP contribution in [0.25, 0.3) is 0 Å².